The average molecular weight is 293 g/mol. The molecule has 102 valence electrons. The van der Waals surface area contributed by atoms with Crippen molar-refractivity contribution in [2.45, 2.75) is 12.3 Å². The van der Waals surface area contributed by atoms with E-state index in [0.717, 1.165) is 17.6 Å². The summed E-state index contributed by atoms with van der Waals surface area (Å²) in [6, 6.07) is 12.1. The minimum absolute atomic E-state index is 0.128. The molecule has 1 aromatic rings. The summed E-state index contributed by atoms with van der Waals surface area (Å²) in [5.41, 5.74) is 0.730. The Morgan fingerprint density at radius 2 is 1.95 bits per heavy atom. The first-order chi connectivity index (χ1) is 10.2. The quantitative estimate of drug-likeness (QED) is 0.763. The monoisotopic (exact) mass is 292 g/mol. The lowest BCUT2D eigenvalue weighted by Gasteiger charge is -2.23. The van der Waals surface area contributed by atoms with Crippen LogP contribution in [0.2, 0.25) is 5.02 Å². The predicted molar refractivity (Wildman–Crippen MR) is 82.3 cm³/mol. The molecule has 0 bridgehead atoms. The van der Waals surface area contributed by atoms with Crippen LogP contribution >= 0.6 is 11.6 Å². The maximum Gasteiger partial charge on any atom is 0.172 e. The highest BCUT2D eigenvalue weighted by atomic mass is 35.5. The predicted octanol–water partition coefficient (Wildman–Crippen LogP) is 4.53. The molecule has 0 N–H and O–H groups in total. The Labute approximate surface area is 129 Å². The number of fused-ring (bicyclic) bond motifs is 1. The van der Waals surface area contributed by atoms with Gasteiger partial charge in [0.15, 0.2) is 5.41 Å². The SMILES string of the molecule is N#CC1(C#N)C2=CC=CC=CC2CC1c1cccc(Cl)c1. The van der Waals surface area contributed by atoms with E-state index in [0.29, 0.717) is 5.02 Å². The number of benzene rings is 1. The number of nitriles is 2. The van der Waals surface area contributed by atoms with Crippen LogP contribution in [0.5, 0.6) is 0 Å². The minimum atomic E-state index is -1.12. The van der Waals surface area contributed by atoms with Crippen molar-refractivity contribution >= 4 is 11.6 Å². The first kappa shape index (κ1) is 13.7. The van der Waals surface area contributed by atoms with E-state index in [1.807, 2.05) is 42.5 Å². The fourth-order valence-corrected chi connectivity index (χ4v) is 3.53. The zero-order valence-corrected chi connectivity index (χ0v) is 12.1. The summed E-state index contributed by atoms with van der Waals surface area (Å²) in [5.74, 6) is -0.0260. The van der Waals surface area contributed by atoms with E-state index < -0.39 is 5.41 Å². The molecule has 0 aliphatic heterocycles. The third kappa shape index (κ3) is 2.09. The van der Waals surface area contributed by atoms with E-state index in [9.17, 15) is 10.5 Å². The smallest absolute Gasteiger partial charge is 0.172 e. The van der Waals surface area contributed by atoms with Gasteiger partial charge in [-0.25, -0.2) is 0 Å². The Morgan fingerprint density at radius 3 is 2.67 bits per heavy atom. The summed E-state index contributed by atoms with van der Waals surface area (Å²) in [4.78, 5) is 0. The van der Waals surface area contributed by atoms with E-state index >= 15 is 0 Å². The molecule has 0 radical (unpaired) electrons. The van der Waals surface area contributed by atoms with Crippen molar-refractivity contribution in [3.05, 3.63) is 70.8 Å². The van der Waals surface area contributed by atoms with Crippen molar-refractivity contribution in [3.63, 3.8) is 0 Å². The topological polar surface area (TPSA) is 47.6 Å². The molecule has 3 heteroatoms. The van der Waals surface area contributed by atoms with Crippen molar-refractivity contribution in [3.8, 4) is 12.1 Å². The highest BCUT2D eigenvalue weighted by Gasteiger charge is 2.52. The van der Waals surface area contributed by atoms with Crippen molar-refractivity contribution in [1.29, 1.82) is 10.5 Å². The number of halogens is 1. The molecular weight excluding hydrogens is 280 g/mol. The first-order valence-corrected chi connectivity index (χ1v) is 7.22. The Bertz CT molecular complexity index is 729. The largest absolute Gasteiger partial charge is 0.196 e. The summed E-state index contributed by atoms with van der Waals surface area (Å²) in [6.07, 6.45) is 10.6. The van der Waals surface area contributed by atoms with Crippen LogP contribution in [0.4, 0.5) is 0 Å². The van der Waals surface area contributed by atoms with E-state index in [1.165, 1.54) is 0 Å². The fourth-order valence-electron chi connectivity index (χ4n) is 3.33. The third-order valence-corrected chi connectivity index (χ3v) is 4.55. The molecule has 2 aliphatic rings. The zero-order chi connectivity index (χ0) is 14.9. The van der Waals surface area contributed by atoms with Gasteiger partial charge in [0.25, 0.3) is 0 Å². The molecule has 3 rings (SSSR count). The summed E-state index contributed by atoms with van der Waals surface area (Å²) in [6.45, 7) is 0. The normalized spacial score (nSPS) is 25.4. The van der Waals surface area contributed by atoms with Gasteiger partial charge in [0.2, 0.25) is 0 Å². The van der Waals surface area contributed by atoms with E-state index in [2.05, 4.69) is 18.2 Å². The highest BCUT2D eigenvalue weighted by Crippen LogP contribution is 2.56. The highest BCUT2D eigenvalue weighted by molar-refractivity contribution is 6.30. The van der Waals surface area contributed by atoms with Crippen LogP contribution < -0.4 is 0 Å². The number of allylic oxidation sites excluding steroid dienone is 6. The second kappa shape index (κ2) is 5.24. The Balaban J connectivity index is 2.16. The van der Waals surface area contributed by atoms with Crippen LogP contribution in [0, 0.1) is 34.0 Å². The molecule has 0 heterocycles. The van der Waals surface area contributed by atoms with Crippen molar-refractivity contribution in [1.82, 2.24) is 0 Å². The van der Waals surface area contributed by atoms with Crippen molar-refractivity contribution in [2.24, 2.45) is 11.3 Å². The number of rotatable bonds is 1. The van der Waals surface area contributed by atoms with Crippen molar-refractivity contribution < 1.29 is 0 Å². The maximum absolute atomic E-state index is 9.75. The Kier molecular flexibility index (Phi) is 3.42. The van der Waals surface area contributed by atoms with Gasteiger partial charge in [0.05, 0.1) is 12.1 Å². The summed E-state index contributed by atoms with van der Waals surface area (Å²) >= 11 is 6.08. The van der Waals surface area contributed by atoms with E-state index in [4.69, 9.17) is 11.6 Å². The molecule has 2 nitrogen and oxygen atoms in total. The second-order valence-electron chi connectivity index (χ2n) is 5.37. The minimum Gasteiger partial charge on any atom is -0.196 e. The fraction of sp³-hybridized carbons (Fsp3) is 0.222. The van der Waals surface area contributed by atoms with Gasteiger partial charge < -0.3 is 0 Å². The van der Waals surface area contributed by atoms with Gasteiger partial charge in [-0.1, -0.05) is 54.1 Å². The summed E-state index contributed by atoms with van der Waals surface area (Å²) < 4.78 is 0. The lowest BCUT2D eigenvalue weighted by Crippen LogP contribution is -2.22. The lowest BCUT2D eigenvalue weighted by molar-refractivity contribution is 0.531. The molecular formula is C18H13ClN2. The molecule has 0 amide bonds. The zero-order valence-electron chi connectivity index (χ0n) is 11.3. The van der Waals surface area contributed by atoms with E-state index in [-0.39, 0.29) is 11.8 Å². The molecule has 2 unspecified atom stereocenters. The maximum atomic E-state index is 9.75. The van der Waals surface area contributed by atoms with Gasteiger partial charge in [0.1, 0.15) is 0 Å². The standard InChI is InChI=1S/C18H13ClN2/c19-15-7-4-6-13(9-15)17-10-14-5-2-1-3-8-16(14)18(17,11-20)12-21/h1-9,14,17H,10H2. The second-order valence-corrected chi connectivity index (χ2v) is 5.81. The summed E-state index contributed by atoms with van der Waals surface area (Å²) in [7, 11) is 0. The molecule has 0 spiro atoms. The van der Waals surface area contributed by atoms with Gasteiger partial charge in [-0.15, -0.1) is 0 Å². The van der Waals surface area contributed by atoms with Gasteiger partial charge in [-0.05, 0) is 29.7 Å². The van der Waals surface area contributed by atoms with Gasteiger partial charge in [0, 0.05) is 16.9 Å². The molecule has 0 aromatic heterocycles. The van der Waals surface area contributed by atoms with Gasteiger partial charge >= 0.3 is 0 Å². The van der Waals surface area contributed by atoms with Crippen LogP contribution in [0.15, 0.2) is 60.2 Å². The number of hydrogen-bond donors (Lipinski definition) is 0. The average Bonchev–Trinajstić information content (AvgIpc) is 2.64. The first-order valence-electron chi connectivity index (χ1n) is 6.85. The van der Waals surface area contributed by atoms with Gasteiger partial charge in [-0.3, -0.25) is 0 Å². The van der Waals surface area contributed by atoms with E-state index in [1.54, 1.807) is 6.07 Å². The Hall–Kier alpha value is -2.29. The van der Waals surface area contributed by atoms with Gasteiger partial charge in [-0.2, -0.15) is 10.5 Å². The molecule has 1 aromatic carbocycles. The number of hydrogen-bond acceptors (Lipinski definition) is 2. The lowest BCUT2D eigenvalue weighted by atomic mass is 9.74. The molecule has 2 aliphatic carbocycles. The van der Waals surface area contributed by atoms with Crippen LogP contribution in [-0.2, 0) is 0 Å². The number of nitrogens with zero attached hydrogens (tertiary/aromatic N) is 2. The summed E-state index contributed by atoms with van der Waals surface area (Å²) in [5, 5.41) is 20.1. The molecule has 2 atom stereocenters. The third-order valence-electron chi connectivity index (χ3n) is 4.31. The van der Waals surface area contributed by atoms with Crippen LogP contribution in [0.25, 0.3) is 0 Å². The van der Waals surface area contributed by atoms with Crippen LogP contribution in [0.3, 0.4) is 0 Å². The van der Waals surface area contributed by atoms with Crippen molar-refractivity contribution in [2.75, 3.05) is 0 Å². The Morgan fingerprint density at radius 1 is 1.14 bits per heavy atom. The molecule has 1 saturated carbocycles. The molecule has 0 saturated heterocycles. The van der Waals surface area contributed by atoms with Crippen LogP contribution in [-0.4, -0.2) is 0 Å². The van der Waals surface area contributed by atoms with Crippen LogP contribution in [0.1, 0.15) is 17.9 Å². The molecule has 21 heavy (non-hydrogen) atoms. The molecule has 1 fully saturated rings.